The van der Waals surface area contributed by atoms with Gasteiger partial charge in [0.1, 0.15) is 24.4 Å². The van der Waals surface area contributed by atoms with Crippen LogP contribution < -0.4 is 10.6 Å². The first-order chi connectivity index (χ1) is 27.5. The standard InChI is InChI=1S/C45H84N2O10/c1-5-7-9-11-13-15-17-19-21-23-25-27-29-35(30-28-26-24-22-20-18-16-14-12-10-8-6-2)43(54)47-37(39(51)36(44(55)46-4)31-32-38(49)50)33-56-45-41(53)40(52)42(57-45)34(3)48/h34-37,40-42,45,48,52-53H,5-33H2,1-4H3,(H,46,55)(H,47,54)(H,49,50)/t34-,36-,37+,40-,41-,42+,45+/m0/s1. The maximum absolute atomic E-state index is 14.0. The van der Waals surface area contributed by atoms with Crippen LogP contribution in [0.5, 0.6) is 0 Å². The fraction of sp³-hybridized carbons (Fsp3) is 0.911. The molecule has 7 atom stereocenters. The minimum Gasteiger partial charge on any atom is -0.481 e. The highest BCUT2D eigenvalue weighted by atomic mass is 16.7. The van der Waals surface area contributed by atoms with Crippen molar-refractivity contribution in [3.8, 4) is 0 Å². The van der Waals surface area contributed by atoms with Crippen molar-refractivity contribution in [2.24, 2.45) is 11.8 Å². The summed E-state index contributed by atoms with van der Waals surface area (Å²) in [5.41, 5.74) is 0. The van der Waals surface area contributed by atoms with Crippen LogP contribution >= 0.6 is 0 Å². The Hall–Kier alpha value is -2.12. The molecule has 1 aliphatic rings. The number of carbonyl (C=O) groups excluding carboxylic acids is 3. The van der Waals surface area contributed by atoms with Gasteiger partial charge < -0.3 is 40.5 Å². The van der Waals surface area contributed by atoms with Gasteiger partial charge in [-0.1, -0.05) is 168 Å². The molecule has 12 heteroatoms. The monoisotopic (exact) mass is 813 g/mol. The Morgan fingerprint density at radius 2 is 1.05 bits per heavy atom. The lowest BCUT2D eigenvalue weighted by molar-refractivity contribution is -0.181. The third-order valence-corrected chi connectivity index (χ3v) is 11.6. The minimum absolute atomic E-state index is 0.271. The molecule has 0 aromatic carbocycles. The Kier molecular flexibility index (Phi) is 31.3. The number of aliphatic hydroxyl groups is 3. The van der Waals surface area contributed by atoms with Crippen molar-refractivity contribution in [3.05, 3.63) is 0 Å². The highest BCUT2D eigenvalue weighted by Gasteiger charge is 2.46. The predicted octanol–water partition coefficient (Wildman–Crippen LogP) is 7.91. The average molecular weight is 813 g/mol. The van der Waals surface area contributed by atoms with Gasteiger partial charge >= 0.3 is 5.97 Å². The van der Waals surface area contributed by atoms with E-state index >= 15 is 0 Å². The van der Waals surface area contributed by atoms with Crippen molar-refractivity contribution >= 4 is 23.6 Å². The van der Waals surface area contributed by atoms with Crippen molar-refractivity contribution < 1.29 is 49.1 Å². The molecule has 1 rings (SSSR count). The van der Waals surface area contributed by atoms with E-state index in [0.717, 1.165) is 38.5 Å². The summed E-state index contributed by atoms with van der Waals surface area (Å²) in [5, 5.41) is 45.5. The van der Waals surface area contributed by atoms with Gasteiger partial charge in [0.25, 0.3) is 0 Å². The summed E-state index contributed by atoms with van der Waals surface area (Å²) in [7, 11) is 1.35. The van der Waals surface area contributed by atoms with E-state index in [9.17, 15) is 39.6 Å². The molecule has 12 nitrogen and oxygen atoms in total. The summed E-state index contributed by atoms with van der Waals surface area (Å²) < 4.78 is 11.3. The number of Topliss-reactive ketones (excluding diaryl/α,β-unsaturated/α-hetero) is 1. The average Bonchev–Trinajstić information content (AvgIpc) is 3.48. The highest BCUT2D eigenvalue weighted by Crippen LogP contribution is 2.26. The SMILES string of the molecule is CCCCCCCCCCCCCCC(CCCCCCCCCCCCCC)C(=O)N[C@H](CO[C@@H]1O[C@H]([C@H](C)O)[C@@H](O)[C@@H]1O)C(=O)[C@H](CCC(=O)O)C(=O)NC. The number of ether oxygens (including phenoxy) is 2. The molecule has 1 fully saturated rings. The van der Waals surface area contributed by atoms with Crippen LogP contribution in [-0.2, 0) is 28.7 Å². The van der Waals surface area contributed by atoms with E-state index in [2.05, 4.69) is 24.5 Å². The number of hydrogen-bond donors (Lipinski definition) is 6. The molecular formula is C45H84N2O10. The second kappa shape index (κ2) is 33.7. The number of aliphatic hydroxyl groups excluding tert-OH is 3. The number of carboxylic acids is 1. The number of carbonyl (C=O) groups is 4. The predicted molar refractivity (Wildman–Crippen MR) is 225 cm³/mol. The van der Waals surface area contributed by atoms with Gasteiger partial charge in [0.2, 0.25) is 11.8 Å². The molecule has 334 valence electrons. The van der Waals surface area contributed by atoms with Crippen LogP contribution in [0.15, 0.2) is 0 Å². The van der Waals surface area contributed by atoms with E-state index < -0.39 is 73.4 Å². The van der Waals surface area contributed by atoms with E-state index in [1.165, 1.54) is 130 Å². The summed E-state index contributed by atoms with van der Waals surface area (Å²) in [6, 6.07) is -1.35. The quantitative estimate of drug-likeness (QED) is 0.0264. The molecule has 2 amide bonds. The number of carboxylic acid groups (broad SMARTS) is 1. The number of hydrogen-bond acceptors (Lipinski definition) is 9. The third kappa shape index (κ3) is 23.9. The van der Waals surface area contributed by atoms with Gasteiger partial charge in [-0.05, 0) is 26.2 Å². The van der Waals surface area contributed by atoms with Crippen molar-refractivity contribution in [1.29, 1.82) is 0 Å². The van der Waals surface area contributed by atoms with Crippen LogP contribution in [0.3, 0.4) is 0 Å². The van der Waals surface area contributed by atoms with E-state index in [1.54, 1.807) is 0 Å². The number of aliphatic carboxylic acids is 1. The molecule has 1 heterocycles. The number of ketones is 1. The van der Waals surface area contributed by atoms with Gasteiger partial charge in [-0.25, -0.2) is 0 Å². The van der Waals surface area contributed by atoms with Crippen LogP contribution in [0.1, 0.15) is 201 Å². The fourth-order valence-corrected chi connectivity index (χ4v) is 7.84. The van der Waals surface area contributed by atoms with Gasteiger partial charge in [-0.3, -0.25) is 19.2 Å². The topological polar surface area (TPSA) is 192 Å². The zero-order valence-electron chi connectivity index (χ0n) is 36.4. The van der Waals surface area contributed by atoms with E-state index in [0.29, 0.717) is 12.8 Å². The van der Waals surface area contributed by atoms with Crippen LogP contribution in [0.25, 0.3) is 0 Å². The molecule has 6 N–H and O–H groups in total. The molecular weight excluding hydrogens is 728 g/mol. The Morgan fingerprint density at radius 1 is 0.632 bits per heavy atom. The van der Waals surface area contributed by atoms with Crippen molar-refractivity contribution in [2.75, 3.05) is 13.7 Å². The van der Waals surface area contributed by atoms with E-state index in [1.807, 2.05) is 0 Å². The fourth-order valence-electron chi connectivity index (χ4n) is 7.84. The van der Waals surface area contributed by atoms with Crippen molar-refractivity contribution in [3.63, 3.8) is 0 Å². The van der Waals surface area contributed by atoms with Gasteiger partial charge in [0.15, 0.2) is 12.1 Å². The molecule has 0 radical (unpaired) electrons. The molecule has 57 heavy (non-hydrogen) atoms. The highest BCUT2D eigenvalue weighted by molar-refractivity contribution is 6.05. The Bertz CT molecular complexity index is 1030. The zero-order valence-corrected chi connectivity index (χ0v) is 36.4. The Morgan fingerprint density at radius 3 is 1.42 bits per heavy atom. The van der Waals surface area contributed by atoms with Crippen LogP contribution in [-0.4, -0.2) is 94.4 Å². The third-order valence-electron chi connectivity index (χ3n) is 11.6. The van der Waals surface area contributed by atoms with Gasteiger partial charge in [-0.2, -0.15) is 0 Å². The van der Waals surface area contributed by atoms with Crippen LogP contribution in [0.2, 0.25) is 0 Å². The van der Waals surface area contributed by atoms with Crippen LogP contribution in [0, 0.1) is 11.8 Å². The lowest BCUT2D eigenvalue weighted by Gasteiger charge is -2.26. The molecule has 0 aromatic rings. The zero-order chi connectivity index (χ0) is 42.3. The molecule has 0 spiro atoms. The molecule has 0 bridgehead atoms. The number of nitrogens with one attached hydrogen (secondary N) is 2. The summed E-state index contributed by atoms with van der Waals surface area (Å²) in [6.07, 6.45) is 23.0. The molecule has 1 aliphatic heterocycles. The van der Waals surface area contributed by atoms with Gasteiger partial charge in [0.05, 0.1) is 18.6 Å². The lowest BCUT2D eigenvalue weighted by atomic mass is 9.90. The molecule has 0 aromatic heterocycles. The first kappa shape index (κ1) is 52.9. The lowest BCUT2D eigenvalue weighted by Crippen LogP contribution is -2.51. The second-order valence-corrected chi connectivity index (χ2v) is 16.6. The van der Waals surface area contributed by atoms with Crippen molar-refractivity contribution in [2.45, 2.75) is 237 Å². The number of unbranched alkanes of at least 4 members (excludes halogenated alkanes) is 22. The second-order valence-electron chi connectivity index (χ2n) is 16.6. The molecule has 1 saturated heterocycles. The van der Waals surface area contributed by atoms with Gasteiger partial charge in [-0.15, -0.1) is 0 Å². The Labute approximate surface area is 345 Å². The van der Waals surface area contributed by atoms with Gasteiger partial charge in [0, 0.05) is 19.4 Å². The normalized spacial score (nSPS) is 19.7. The minimum atomic E-state index is -1.53. The summed E-state index contributed by atoms with van der Waals surface area (Å²) in [5.74, 6) is -4.61. The number of amides is 2. The number of rotatable bonds is 38. The summed E-state index contributed by atoms with van der Waals surface area (Å²) in [4.78, 5) is 52.2. The van der Waals surface area contributed by atoms with Crippen LogP contribution in [0.4, 0.5) is 0 Å². The largest absolute Gasteiger partial charge is 0.481 e. The van der Waals surface area contributed by atoms with Crippen molar-refractivity contribution in [1.82, 2.24) is 10.6 Å². The summed E-state index contributed by atoms with van der Waals surface area (Å²) in [6.45, 7) is 5.39. The summed E-state index contributed by atoms with van der Waals surface area (Å²) >= 11 is 0. The maximum Gasteiger partial charge on any atom is 0.303 e. The molecule has 0 aliphatic carbocycles. The molecule has 0 unspecified atom stereocenters. The maximum atomic E-state index is 14.0. The first-order valence-electron chi connectivity index (χ1n) is 23.1. The van der Waals surface area contributed by atoms with E-state index in [-0.39, 0.29) is 18.2 Å². The Balaban J connectivity index is 2.93. The van der Waals surface area contributed by atoms with E-state index in [4.69, 9.17) is 9.47 Å². The first-order valence-corrected chi connectivity index (χ1v) is 23.1. The molecule has 0 saturated carbocycles. The smallest absolute Gasteiger partial charge is 0.303 e.